The molecule has 0 unspecified atom stereocenters. The molecule has 2 aliphatic heterocycles. The van der Waals surface area contributed by atoms with Gasteiger partial charge in [-0.1, -0.05) is 47.8 Å². The van der Waals surface area contributed by atoms with Gasteiger partial charge in [-0.3, -0.25) is 14.4 Å². The topological polar surface area (TPSA) is 105 Å². The minimum Gasteiger partial charge on any atom is -0.491 e. The van der Waals surface area contributed by atoms with Gasteiger partial charge < -0.3 is 25.6 Å². The fourth-order valence-electron chi connectivity index (χ4n) is 5.43. The van der Waals surface area contributed by atoms with Crippen LogP contribution in [0.4, 0.5) is 0 Å². The summed E-state index contributed by atoms with van der Waals surface area (Å²) < 4.78 is 5.90. The minimum absolute atomic E-state index is 0.0766. The predicted octanol–water partition coefficient (Wildman–Crippen LogP) is 3.92. The predicted molar refractivity (Wildman–Crippen MR) is 152 cm³/mol. The molecule has 1 fully saturated rings. The number of para-hydroxylation sites is 1. The smallest absolute Gasteiger partial charge is 0.255 e. The van der Waals surface area contributed by atoms with E-state index >= 15 is 0 Å². The Balaban J connectivity index is 1.40. The number of nitrogens with two attached hydrogens (primary N) is 1. The van der Waals surface area contributed by atoms with E-state index in [4.69, 9.17) is 33.7 Å². The molecule has 1 spiro atoms. The van der Waals surface area contributed by atoms with Crippen molar-refractivity contribution in [2.24, 2.45) is 11.1 Å². The van der Waals surface area contributed by atoms with Crippen LogP contribution in [0, 0.1) is 5.41 Å². The van der Waals surface area contributed by atoms with Gasteiger partial charge in [-0.2, -0.15) is 0 Å². The number of piperidine rings is 1. The van der Waals surface area contributed by atoms with Crippen molar-refractivity contribution in [1.29, 1.82) is 0 Å². The van der Waals surface area contributed by atoms with Gasteiger partial charge in [-0.25, -0.2) is 0 Å². The molecule has 3 N–H and O–H groups in total. The van der Waals surface area contributed by atoms with Gasteiger partial charge in [0.05, 0.1) is 33.6 Å². The summed E-state index contributed by atoms with van der Waals surface area (Å²) >= 11 is 12.1. The first-order valence-corrected chi connectivity index (χ1v) is 14.2. The number of fused-ring (bicyclic) bond motifs is 1. The highest BCUT2D eigenvalue weighted by Crippen LogP contribution is 2.39. The zero-order valence-corrected chi connectivity index (χ0v) is 23.8. The maximum absolute atomic E-state index is 13.7. The van der Waals surface area contributed by atoms with E-state index in [1.807, 2.05) is 18.2 Å². The maximum atomic E-state index is 13.7. The largest absolute Gasteiger partial charge is 0.491 e. The van der Waals surface area contributed by atoms with Crippen molar-refractivity contribution in [1.82, 2.24) is 15.1 Å². The Hall–Kier alpha value is -2.81. The molecule has 10 heteroatoms. The third-order valence-electron chi connectivity index (χ3n) is 7.77. The van der Waals surface area contributed by atoms with Gasteiger partial charge in [0.2, 0.25) is 11.8 Å². The lowest BCUT2D eigenvalue weighted by atomic mass is 9.73. The molecular formula is C29H36Cl2N4O4. The van der Waals surface area contributed by atoms with Gasteiger partial charge >= 0.3 is 0 Å². The van der Waals surface area contributed by atoms with Crippen LogP contribution < -0.4 is 15.8 Å². The van der Waals surface area contributed by atoms with Crippen LogP contribution in [0.5, 0.6) is 5.75 Å². The maximum Gasteiger partial charge on any atom is 0.255 e. The van der Waals surface area contributed by atoms with E-state index in [1.54, 1.807) is 41.1 Å². The highest BCUT2D eigenvalue weighted by atomic mass is 35.5. The molecule has 2 heterocycles. The molecule has 3 amide bonds. The van der Waals surface area contributed by atoms with Gasteiger partial charge in [0, 0.05) is 26.7 Å². The number of nitrogens with zero attached hydrogens (tertiary/aromatic N) is 2. The van der Waals surface area contributed by atoms with Gasteiger partial charge in [-0.15, -0.1) is 0 Å². The van der Waals surface area contributed by atoms with E-state index < -0.39 is 11.5 Å². The van der Waals surface area contributed by atoms with Crippen molar-refractivity contribution in [2.45, 2.75) is 44.6 Å². The average Bonchev–Trinajstić information content (AvgIpc) is 2.94. The molecule has 1 atom stereocenters. The summed E-state index contributed by atoms with van der Waals surface area (Å²) in [7, 11) is 1.79. The summed E-state index contributed by atoms with van der Waals surface area (Å²) in [5, 5.41) is 3.85. The Morgan fingerprint density at radius 2 is 1.79 bits per heavy atom. The van der Waals surface area contributed by atoms with E-state index in [1.165, 1.54) is 0 Å². The van der Waals surface area contributed by atoms with Crippen molar-refractivity contribution in [3.05, 3.63) is 63.6 Å². The Kier molecular flexibility index (Phi) is 9.75. The quantitative estimate of drug-likeness (QED) is 0.578. The number of rotatable bonds is 3. The zero-order chi connectivity index (χ0) is 28.0. The van der Waals surface area contributed by atoms with Gasteiger partial charge in [-0.05, 0) is 61.9 Å². The van der Waals surface area contributed by atoms with Gasteiger partial charge in [0.15, 0.2) is 0 Å². The van der Waals surface area contributed by atoms with Crippen LogP contribution in [0.15, 0.2) is 42.5 Å². The van der Waals surface area contributed by atoms with E-state index in [0.717, 1.165) is 18.4 Å². The standard InChI is InChI=1S/C29H36Cl2N4O4/c1-34-16-17-39-25-7-3-2-6-21(25)26(36)33-13-5-4-10-29(28(34)38)11-14-35(15-12-29)27(37)24(32)19-20-8-9-22(30)23(31)18-20/h2-3,6-9,18,24H,4-5,10-17,19,32H2,1H3,(H,33,36)/t24-/m1/s1. The van der Waals surface area contributed by atoms with Crippen LogP contribution in [0.1, 0.15) is 48.0 Å². The molecule has 1 saturated heterocycles. The summed E-state index contributed by atoms with van der Waals surface area (Å²) in [5.41, 5.74) is 7.06. The molecule has 4 rings (SSSR count). The minimum atomic E-state index is -0.706. The number of hydrogen-bond donors (Lipinski definition) is 2. The molecule has 2 aromatic rings. The number of nitrogens with one attached hydrogen (secondary N) is 1. The first-order chi connectivity index (χ1) is 18.7. The summed E-state index contributed by atoms with van der Waals surface area (Å²) in [4.78, 5) is 43.1. The third-order valence-corrected chi connectivity index (χ3v) is 8.51. The second-order valence-corrected chi connectivity index (χ2v) is 11.3. The average molecular weight is 576 g/mol. The van der Waals surface area contributed by atoms with E-state index in [2.05, 4.69) is 5.32 Å². The lowest BCUT2D eigenvalue weighted by molar-refractivity contribution is -0.148. The number of carbonyl (C=O) groups is 3. The molecule has 0 radical (unpaired) electrons. The van der Waals surface area contributed by atoms with Crippen molar-refractivity contribution >= 4 is 40.9 Å². The monoisotopic (exact) mass is 574 g/mol. The fraction of sp³-hybridized carbons (Fsp3) is 0.483. The van der Waals surface area contributed by atoms with Gasteiger partial charge in [0.25, 0.3) is 5.91 Å². The number of ether oxygens (including phenoxy) is 1. The lowest BCUT2D eigenvalue weighted by Crippen LogP contribution is -2.54. The summed E-state index contributed by atoms with van der Waals surface area (Å²) in [6.07, 6.45) is 3.73. The molecule has 0 bridgehead atoms. The Morgan fingerprint density at radius 3 is 2.54 bits per heavy atom. The number of halogens is 2. The van der Waals surface area contributed by atoms with Crippen molar-refractivity contribution in [3.63, 3.8) is 0 Å². The lowest BCUT2D eigenvalue weighted by Gasteiger charge is -2.43. The normalized spacial score (nSPS) is 19.5. The van der Waals surface area contributed by atoms with Crippen LogP contribution in [-0.2, 0) is 16.0 Å². The van der Waals surface area contributed by atoms with Crippen LogP contribution in [0.3, 0.4) is 0 Å². The van der Waals surface area contributed by atoms with E-state index in [9.17, 15) is 14.4 Å². The molecule has 210 valence electrons. The first kappa shape index (κ1) is 29.2. The Labute approximate surface area is 239 Å². The van der Waals surface area contributed by atoms with Crippen molar-refractivity contribution in [3.8, 4) is 5.75 Å². The number of carbonyl (C=O) groups excluding carboxylic acids is 3. The molecule has 2 aromatic carbocycles. The van der Waals surface area contributed by atoms with Gasteiger partial charge in [0.1, 0.15) is 12.4 Å². The SMILES string of the molecule is CN1CCOc2ccccc2C(=O)NCCCCC2(CCN(C(=O)[C@H](N)Cc3ccc(Cl)c(Cl)c3)CC2)C1=O. The summed E-state index contributed by atoms with van der Waals surface area (Å²) in [5.74, 6) is 0.289. The Bertz CT molecular complexity index is 1200. The number of likely N-dealkylation sites (N-methyl/N-ethyl adjacent to an activating group) is 1. The number of benzene rings is 2. The van der Waals surface area contributed by atoms with Crippen LogP contribution in [0.2, 0.25) is 10.0 Å². The van der Waals surface area contributed by atoms with E-state index in [-0.39, 0.29) is 24.3 Å². The summed E-state index contributed by atoms with van der Waals surface area (Å²) in [6.45, 7) is 2.12. The molecule has 2 aliphatic rings. The molecule has 39 heavy (non-hydrogen) atoms. The van der Waals surface area contributed by atoms with Crippen LogP contribution >= 0.6 is 23.2 Å². The summed E-state index contributed by atoms with van der Waals surface area (Å²) in [6, 6.07) is 11.7. The zero-order valence-electron chi connectivity index (χ0n) is 22.3. The number of likely N-dealkylation sites (tertiary alicyclic amines) is 1. The van der Waals surface area contributed by atoms with E-state index in [0.29, 0.717) is 73.2 Å². The second-order valence-electron chi connectivity index (χ2n) is 10.4. The van der Waals surface area contributed by atoms with Crippen molar-refractivity contribution < 1.29 is 19.1 Å². The van der Waals surface area contributed by atoms with Crippen LogP contribution in [-0.4, -0.2) is 73.4 Å². The van der Waals surface area contributed by atoms with Crippen molar-refractivity contribution in [2.75, 3.05) is 39.8 Å². The fourth-order valence-corrected chi connectivity index (χ4v) is 5.75. The van der Waals surface area contributed by atoms with Crippen LogP contribution in [0.25, 0.3) is 0 Å². The first-order valence-electron chi connectivity index (χ1n) is 13.4. The molecular weight excluding hydrogens is 539 g/mol. The number of hydrogen-bond acceptors (Lipinski definition) is 5. The highest BCUT2D eigenvalue weighted by Gasteiger charge is 2.43. The molecule has 0 aromatic heterocycles. The Morgan fingerprint density at radius 1 is 1.05 bits per heavy atom. The third kappa shape index (κ3) is 7.04. The molecule has 0 saturated carbocycles. The number of amides is 3. The molecule has 0 aliphatic carbocycles. The second kappa shape index (κ2) is 13.0. The highest BCUT2D eigenvalue weighted by molar-refractivity contribution is 6.42. The molecule has 8 nitrogen and oxygen atoms in total.